The van der Waals surface area contributed by atoms with Gasteiger partial charge in [0, 0.05) is 59.7 Å². The molecule has 15 heteroatoms. The fraction of sp³-hybridized carbons (Fsp3) is 0.367. The molecule has 0 bridgehead atoms. The fourth-order valence-electron chi connectivity index (χ4n) is 9.79. The zero-order valence-corrected chi connectivity index (χ0v) is 36.0. The highest BCUT2D eigenvalue weighted by molar-refractivity contribution is 5.88. The minimum absolute atomic E-state index is 0.182. The van der Waals surface area contributed by atoms with Crippen molar-refractivity contribution < 1.29 is 28.7 Å². The fourth-order valence-corrected chi connectivity index (χ4v) is 9.79. The van der Waals surface area contributed by atoms with Gasteiger partial charge < -0.3 is 39.9 Å². The number of H-pyrrole nitrogens is 2. The highest BCUT2D eigenvalue weighted by Gasteiger charge is 2.39. The summed E-state index contributed by atoms with van der Waals surface area (Å²) in [5.74, 6) is 1.78. The van der Waals surface area contributed by atoms with Crippen LogP contribution in [0.2, 0.25) is 0 Å². The van der Waals surface area contributed by atoms with E-state index in [-0.39, 0.29) is 23.9 Å². The molecule has 3 aliphatic rings. The van der Waals surface area contributed by atoms with Gasteiger partial charge in [0.1, 0.15) is 23.7 Å². The number of nitrogens with one attached hydrogen (secondary N) is 4. The lowest BCUT2D eigenvalue weighted by molar-refractivity contribution is -0.135. The number of aromatic nitrogens is 5. The summed E-state index contributed by atoms with van der Waals surface area (Å²) in [4.78, 5) is 77.9. The lowest BCUT2D eigenvalue weighted by atomic mass is 9.79. The van der Waals surface area contributed by atoms with Crippen LogP contribution in [-0.2, 0) is 19.1 Å². The normalized spacial score (nSPS) is 20.7. The van der Waals surface area contributed by atoms with E-state index in [0.717, 1.165) is 90.7 Å². The van der Waals surface area contributed by atoms with Crippen LogP contribution in [0, 0.1) is 0 Å². The number of fused-ring (bicyclic) bond motifs is 1. The van der Waals surface area contributed by atoms with Crippen LogP contribution in [0.5, 0.6) is 0 Å². The Bertz CT molecular complexity index is 2610. The zero-order chi connectivity index (χ0) is 44.2. The van der Waals surface area contributed by atoms with Gasteiger partial charge in [0.2, 0.25) is 0 Å². The number of aromatic amines is 2. The van der Waals surface area contributed by atoms with E-state index in [1.54, 1.807) is 4.90 Å². The van der Waals surface area contributed by atoms with Crippen molar-refractivity contribution in [3.05, 3.63) is 138 Å². The number of hydrogen-bond donors (Lipinski definition) is 4. The van der Waals surface area contributed by atoms with Gasteiger partial charge in [-0.1, -0.05) is 72.8 Å². The number of hydrogen-bond acceptors (Lipinski definition) is 9. The number of ether oxygens (including phenoxy) is 2. The molecule has 330 valence electrons. The van der Waals surface area contributed by atoms with Gasteiger partial charge in [-0.15, -0.1) is 0 Å². The van der Waals surface area contributed by atoms with Crippen LogP contribution in [-0.4, -0.2) is 86.0 Å². The Balaban J connectivity index is 0.830. The Hall–Kier alpha value is -7.03. The van der Waals surface area contributed by atoms with Crippen LogP contribution in [0.4, 0.5) is 9.59 Å². The molecule has 0 unspecified atom stereocenters. The summed E-state index contributed by atoms with van der Waals surface area (Å²) in [7, 11) is 2.58. The Morgan fingerprint density at radius 3 is 1.84 bits per heavy atom. The number of carbonyl (C=O) groups excluding carboxylic acids is 4. The average molecular weight is 864 g/mol. The van der Waals surface area contributed by atoms with Crippen molar-refractivity contribution in [2.45, 2.75) is 87.4 Å². The van der Waals surface area contributed by atoms with Gasteiger partial charge in [-0.3, -0.25) is 14.6 Å². The van der Waals surface area contributed by atoms with E-state index in [1.807, 2.05) is 84.0 Å². The van der Waals surface area contributed by atoms with Gasteiger partial charge in [-0.25, -0.2) is 19.6 Å². The molecule has 0 spiro atoms. The second-order valence-corrected chi connectivity index (χ2v) is 16.9. The zero-order valence-electron chi connectivity index (χ0n) is 36.0. The van der Waals surface area contributed by atoms with E-state index in [9.17, 15) is 19.2 Å². The smallest absolute Gasteiger partial charge is 0.407 e. The molecular formula is C49H53N9O6. The quantitative estimate of drug-likeness (QED) is 0.0994. The molecule has 4 atom stereocenters. The first-order chi connectivity index (χ1) is 31.3. The minimum Gasteiger partial charge on any atom is -0.453 e. The molecule has 3 aromatic carbocycles. The molecule has 9 rings (SSSR count). The second kappa shape index (κ2) is 18.8. The largest absolute Gasteiger partial charge is 0.453 e. The third-order valence-corrected chi connectivity index (χ3v) is 13.2. The molecular weight excluding hydrogens is 811 g/mol. The summed E-state index contributed by atoms with van der Waals surface area (Å²) in [6.45, 7) is 1.14. The highest BCUT2D eigenvalue weighted by atomic mass is 16.5. The van der Waals surface area contributed by atoms with Gasteiger partial charge >= 0.3 is 12.2 Å². The maximum Gasteiger partial charge on any atom is 0.407 e. The van der Waals surface area contributed by atoms with E-state index in [2.05, 4.69) is 44.9 Å². The lowest BCUT2D eigenvalue weighted by Gasteiger charge is -2.29. The summed E-state index contributed by atoms with van der Waals surface area (Å²) in [6, 6.07) is 26.8. The number of nitrogens with zero attached hydrogens (tertiary/aromatic N) is 5. The summed E-state index contributed by atoms with van der Waals surface area (Å²) >= 11 is 0. The van der Waals surface area contributed by atoms with Crippen molar-refractivity contribution in [2.24, 2.45) is 0 Å². The van der Waals surface area contributed by atoms with Crippen LogP contribution < -0.4 is 10.6 Å². The molecule has 64 heavy (non-hydrogen) atoms. The van der Waals surface area contributed by atoms with E-state index >= 15 is 0 Å². The maximum absolute atomic E-state index is 14.0. The van der Waals surface area contributed by atoms with Crippen molar-refractivity contribution in [1.29, 1.82) is 0 Å². The Kier molecular flexibility index (Phi) is 12.4. The number of methoxy groups -OCH3 is 2. The first-order valence-electron chi connectivity index (χ1n) is 22.2. The Morgan fingerprint density at radius 2 is 1.25 bits per heavy atom. The van der Waals surface area contributed by atoms with Crippen molar-refractivity contribution in [3.8, 4) is 11.3 Å². The topological polar surface area (TPSA) is 188 Å². The Labute approximate surface area is 371 Å². The lowest BCUT2D eigenvalue weighted by Crippen LogP contribution is -2.42. The van der Waals surface area contributed by atoms with Crippen molar-refractivity contribution >= 4 is 34.9 Å². The van der Waals surface area contributed by atoms with Crippen LogP contribution in [0.15, 0.2) is 103 Å². The standard InChI is InChI=1S/C49H53N9O6/c1-63-48(61)55-42(32-11-5-3-6-12-32)46(59)57-25-9-15-40(57)44-50-28-38(53-44)31-19-17-30(18-20-31)36-23-21-34-27-35(22-24-37(34)52-36)39-29-51-45(54-39)41-16-10-26-58(41)47(60)43(56-49(62)64-2)33-13-7-4-8-14-33/h3-8,11-14,21-24,27-31,40-43H,9-10,15-20,25-26H2,1-2H3,(H,50,53)(H,51,54)(H,55,61)(H,56,62)/t30?,31?,40-,41-,42+,43+/m0/s1. The van der Waals surface area contributed by atoms with Crippen molar-refractivity contribution in [1.82, 2.24) is 45.4 Å². The number of alkyl carbamates (subject to hydrolysis) is 2. The molecule has 6 aromatic rings. The van der Waals surface area contributed by atoms with E-state index < -0.39 is 24.3 Å². The van der Waals surface area contributed by atoms with E-state index in [1.165, 1.54) is 14.2 Å². The van der Waals surface area contributed by atoms with Crippen LogP contribution in [0.1, 0.15) is 122 Å². The molecule has 4 N–H and O–H groups in total. The monoisotopic (exact) mass is 863 g/mol. The summed E-state index contributed by atoms with van der Waals surface area (Å²) in [5.41, 5.74) is 6.25. The maximum atomic E-state index is 14.0. The summed E-state index contributed by atoms with van der Waals surface area (Å²) < 4.78 is 9.70. The first kappa shape index (κ1) is 42.3. The molecule has 1 saturated carbocycles. The van der Waals surface area contributed by atoms with Gasteiger partial charge in [0.25, 0.3) is 11.8 Å². The van der Waals surface area contributed by atoms with Gasteiger partial charge in [-0.05, 0) is 80.7 Å². The third-order valence-electron chi connectivity index (χ3n) is 13.2. The third kappa shape index (κ3) is 8.79. The molecule has 2 saturated heterocycles. The predicted octanol–water partition coefficient (Wildman–Crippen LogP) is 8.31. The van der Waals surface area contributed by atoms with E-state index in [4.69, 9.17) is 24.4 Å². The van der Waals surface area contributed by atoms with Crippen LogP contribution >= 0.6 is 0 Å². The molecule has 15 nitrogen and oxygen atoms in total. The first-order valence-corrected chi connectivity index (χ1v) is 22.2. The molecule has 1 aliphatic carbocycles. The number of pyridine rings is 1. The number of imidazole rings is 2. The van der Waals surface area contributed by atoms with E-state index in [0.29, 0.717) is 41.9 Å². The number of rotatable bonds is 11. The summed E-state index contributed by atoms with van der Waals surface area (Å²) in [5, 5.41) is 6.49. The molecule has 2 aliphatic heterocycles. The van der Waals surface area contributed by atoms with Crippen molar-refractivity contribution in [3.63, 3.8) is 0 Å². The molecule has 3 fully saturated rings. The van der Waals surface area contributed by atoms with Gasteiger partial charge in [-0.2, -0.15) is 0 Å². The Morgan fingerprint density at radius 1 is 0.672 bits per heavy atom. The van der Waals surface area contributed by atoms with Crippen LogP contribution in [0.3, 0.4) is 0 Å². The number of benzene rings is 3. The SMILES string of the molecule is COC(=O)N[C@@H](C(=O)N1CCC[C@H]1c1nc(-c2ccc3nc(C4CCC(c5cnc([C@@H]6CCCN6C(=O)[C@H](NC(=O)OC)c6ccccc6)[nH]5)CC4)ccc3c2)c[nH]1)c1ccccc1. The number of carbonyl (C=O) groups is 4. The molecule has 4 amide bonds. The number of likely N-dealkylation sites (tertiary alicyclic amines) is 2. The summed E-state index contributed by atoms with van der Waals surface area (Å²) in [6.07, 6.45) is 9.72. The second-order valence-electron chi connectivity index (χ2n) is 16.9. The van der Waals surface area contributed by atoms with Crippen LogP contribution in [0.25, 0.3) is 22.2 Å². The minimum atomic E-state index is -0.880. The van der Waals surface area contributed by atoms with Gasteiger partial charge in [0.15, 0.2) is 0 Å². The highest BCUT2D eigenvalue weighted by Crippen LogP contribution is 2.41. The van der Waals surface area contributed by atoms with Gasteiger partial charge in [0.05, 0.1) is 37.5 Å². The number of amides is 4. The molecule has 3 aromatic heterocycles. The predicted molar refractivity (Wildman–Crippen MR) is 239 cm³/mol. The molecule has 5 heterocycles. The average Bonchev–Trinajstić information content (AvgIpc) is 4.20. The molecule has 0 radical (unpaired) electrons. The van der Waals surface area contributed by atoms with Crippen molar-refractivity contribution in [2.75, 3.05) is 27.3 Å².